The lowest BCUT2D eigenvalue weighted by atomic mass is 10.2. The van der Waals surface area contributed by atoms with Crippen LogP contribution in [0.5, 0.6) is 5.75 Å². The third-order valence-electron chi connectivity index (χ3n) is 5.37. The Balaban J connectivity index is 1.71. The fourth-order valence-corrected chi connectivity index (χ4v) is 6.42. The molecule has 2 N–H and O–H groups in total. The molecule has 1 aliphatic heterocycles. The monoisotopic (exact) mass is 527 g/mol. The molecule has 0 bridgehead atoms. The fraction of sp³-hybridized carbons (Fsp3) is 0.409. The van der Waals surface area contributed by atoms with Gasteiger partial charge in [0.15, 0.2) is 0 Å². The molecule has 0 aliphatic carbocycles. The van der Waals surface area contributed by atoms with Crippen molar-refractivity contribution >= 4 is 38.6 Å². The van der Waals surface area contributed by atoms with Gasteiger partial charge in [-0.25, -0.2) is 16.8 Å². The Bertz CT molecular complexity index is 1200. The molecule has 9 nitrogen and oxygen atoms in total. The molecule has 1 heterocycles. The van der Waals surface area contributed by atoms with Crippen LogP contribution in [0.3, 0.4) is 0 Å². The van der Waals surface area contributed by atoms with E-state index in [0.29, 0.717) is 12.4 Å². The molecule has 0 unspecified atom stereocenters. The van der Waals surface area contributed by atoms with Crippen LogP contribution in [0, 0.1) is 6.92 Å². The molecule has 1 amide bonds. The van der Waals surface area contributed by atoms with Crippen molar-refractivity contribution in [3.8, 4) is 5.75 Å². The van der Waals surface area contributed by atoms with Crippen molar-refractivity contribution in [3.63, 3.8) is 0 Å². The SMILES string of the molecule is CCCCOc1ccc(S(=O)(=O)N2C[C@H](S)C[C@H]2C(=O)NNS(=O)(=O)c2ccc(C)cc2)cc1. The molecule has 34 heavy (non-hydrogen) atoms. The number of amides is 1. The Morgan fingerprint density at radius 3 is 2.29 bits per heavy atom. The molecule has 186 valence electrons. The van der Waals surface area contributed by atoms with Gasteiger partial charge in [-0.05, 0) is 56.2 Å². The number of carbonyl (C=O) groups excluding carboxylic acids is 1. The van der Waals surface area contributed by atoms with Gasteiger partial charge in [-0.3, -0.25) is 10.2 Å². The van der Waals surface area contributed by atoms with E-state index in [1.165, 1.54) is 24.3 Å². The van der Waals surface area contributed by atoms with Crippen molar-refractivity contribution in [1.29, 1.82) is 0 Å². The normalized spacial score (nSPS) is 19.1. The van der Waals surface area contributed by atoms with Gasteiger partial charge in [0.2, 0.25) is 10.0 Å². The Morgan fingerprint density at radius 2 is 1.68 bits per heavy atom. The smallest absolute Gasteiger partial charge is 0.257 e. The number of hydrazine groups is 1. The summed E-state index contributed by atoms with van der Waals surface area (Å²) >= 11 is 4.36. The summed E-state index contributed by atoms with van der Waals surface area (Å²) in [6, 6.07) is 11.0. The van der Waals surface area contributed by atoms with Gasteiger partial charge in [0.05, 0.1) is 16.4 Å². The van der Waals surface area contributed by atoms with Gasteiger partial charge in [0.1, 0.15) is 11.8 Å². The fourth-order valence-electron chi connectivity index (χ4n) is 3.44. The zero-order chi connectivity index (χ0) is 24.9. The maximum absolute atomic E-state index is 13.3. The van der Waals surface area contributed by atoms with Crippen molar-refractivity contribution in [1.82, 2.24) is 14.6 Å². The number of nitrogens with zero attached hydrogens (tertiary/aromatic N) is 1. The summed E-state index contributed by atoms with van der Waals surface area (Å²) in [6.07, 6.45) is 2.01. The van der Waals surface area contributed by atoms with Crippen LogP contribution in [0.25, 0.3) is 0 Å². The largest absolute Gasteiger partial charge is 0.494 e. The highest BCUT2D eigenvalue weighted by atomic mass is 32.2. The number of hydrogen-bond donors (Lipinski definition) is 3. The van der Waals surface area contributed by atoms with Gasteiger partial charge in [-0.1, -0.05) is 31.0 Å². The summed E-state index contributed by atoms with van der Waals surface area (Å²) in [4.78, 5) is 14.8. The van der Waals surface area contributed by atoms with Crippen LogP contribution in [-0.2, 0) is 24.8 Å². The maximum Gasteiger partial charge on any atom is 0.257 e. The lowest BCUT2D eigenvalue weighted by Gasteiger charge is -2.23. The van der Waals surface area contributed by atoms with Crippen molar-refractivity contribution in [2.24, 2.45) is 0 Å². The van der Waals surface area contributed by atoms with E-state index in [2.05, 4.69) is 18.1 Å². The van der Waals surface area contributed by atoms with E-state index in [1.54, 1.807) is 24.3 Å². The predicted molar refractivity (Wildman–Crippen MR) is 132 cm³/mol. The molecule has 0 aromatic heterocycles. The topological polar surface area (TPSA) is 122 Å². The molecular formula is C22H29N3O6S3. The molecule has 12 heteroatoms. The Kier molecular flexibility index (Phi) is 8.63. The number of nitrogens with one attached hydrogen (secondary N) is 2. The first kappa shape index (κ1) is 26.5. The Labute approximate surface area is 206 Å². The molecule has 2 atom stereocenters. The van der Waals surface area contributed by atoms with Gasteiger partial charge in [0.25, 0.3) is 15.9 Å². The van der Waals surface area contributed by atoms with Gasteiger partial charge in [0, 0.05) is 11.8 Å². The van der Waals surface area contributed by atoms with Gasteiger partial charge >= 0.3 is 0 Å². The number of unbranched alkanes of at least 4 members (excludes halogenated alkanes) is 1. The second-order valence-electron chi connectivity index (χ2n) is 8.06. The molecule has 2 aromatic carbocycles. The third kappa shape index (κ3) is 6.30. The standard InChI is InChI=1S/C22H29N3O6S3/c1-3-4-13-31-17-7-11-20(12-8-17)34(29,30)25-15-18(32)14-21(25)22(26)23-24-33(27,28)19-9-5-16(2)6-10-19/h5-12,18,21,24,32H,3-4,13-15H2,1-2H3,(H,23,26)/t18-,21+/m1/s1. The summed E-state index contributed by atoms with van der Waals surface area (Å²) in [5.74, 6) is -0.226. The zero-order valence-electron chi connectivity index (χ0n) is 19.0. The van der Waals surface area contributed by atoms with Crippen molar-refractivity contribution in [3.05, 3.63) is 54.1 Å². The quantitative estimate of drug-likeness (QED) is 0.248. The summed E-state index contributed by atoms with van der Waals surface area (Å²) < 4.78 is 58.1. The molecule has 0 spiro atoms. The van der Waals surface area contributed by atoms with Crippen LogP contribution in [0.2, 0.25) is 0 Å². The van der Waals surface area contributed by atoms with Crippen LogP contribution in [0.1, 0.15) is 31.7 Å². The first-order valence-corrected chi connectivity index (χ1v) is 14.3. The van der Waals surface area contributed by atoms with Gasteiger partial charge < -0.3 is 4.74 Å². The first-order chi connectivity index (χ1) is 16.0. The maximum atomic E-state index is 13.3. The molecule has 1 fully saturated rings. The second kappa shape index (κ2) is 11.1. The third-order valence-corrected chi connectivity index (χ3v) is 8.90. The van der Waals surface area contributed by atoms with E-state index < -0.39 is 32.0 Å². The lowest BCUT2D eigenvalue weighted by molar-refractivity contribution is -0.124. The van der Waals surface area contributed by atoms with Crippen molar-refractivity contribution in [2.45, 2.75) is 54.2 Å². The molecule has 2 aromatic rings. The highest BCUT2D eigenvalue weighted by Crippen LogP contribution is 2.29. The van der Waals surface area contributed by atoms with E-state index >= 15 is 0 Å². The Hall–Kier alpha value is -2.12. The second-order valence-corrected chi connectivity index (χ2v) is 12.4. The number of carbonyl (C=O) groups is 1. The number of benzene rings is 2. The number of thiol groups is 1. The zero-order valence-corrected chi connectivity index (χ0v) is 21.5. The summed E-state index contributed by atoms with van der Waals surface area (Å²) in [6.45, 7) is 4.42. The first-order valence-electron chi connectivity index (χ1n) is 10.9. The van der Waals surface area contributed by atoms with E-state index in [0.717, 1.165) is 22.7 Å². The highest BCUT2D eigenvalue weighted by molar-refractivity contribution is 7.89. The van der Waals surface area contributed by atoms with Crippen molar-refractivity contribution in [2.75, 3.05) is 13.2 Å². The van der Waals surface area contributed by atoms with E-state index in [-0.39, 0.29) is 28.0 Å². The highest BCUT2D eigenvalue weighted by Gasteiger charge is 2.43. The summed E-state index contributed by atoms with van der Waals surface area (Å²) in [5, 5.41) is -0.379. The molecule has 1 saturated heterocycles. The molecule has 1 aliphatic rings. The average Bonchev–Trinajstić information content (AvgIpc) is 3.21. The minimum absolute atomic E-state index is 0.0100. The molecular weight excluding hydrogens is 498 g/mol. The van der Waals surface area contributed by atoms with Crippen LogP contribution in [0.4, 0.5) is 0 Å². The van der Waals surface area contributed by atoms with Crippen molar-refractivity contribution < 1.29 is 26.4 Å². The summed E-state index contributed by atoms with van der Waals surface area (Å²) in [5.41, 5.74) is 3.04. The average molecular weight is 528 g/mol. The molecule has 0 saturated carbocycles. The predicted octanol–water partition coefficient (Wildman–Crippen LogP) is 2.25. The van der Waals surface area contributed by atoms with E-state index in [1.807, 2.05) is 18.7 Å². The van der Waals surface area contributed by atoms with Gasteiger partial charge in [-0.15, -0.1) is 4.83 Å². The minimum atomic E-state index is -4.03. The van der Waals surface area contributed by atoms with E-state index in [4.69, 9.17) is 4.74 Å². The number of ether oxygens (including phenoxy) is 1. The van der Waals surface area contributed by atoms with Crippen LogP contribution in [-0.4, -0.2) is 51.5 Å². The number of rotatable bonds is 10. The van der Waals surface area contributed by atoms with Crippen LogP contribution < -0.4 is 15.0 Å². The molecule has 3 rings (SSSR count). The molecule has 0 radical (unpaired) electrons. The Morgan fingerprint density at radius 1 is 1.06 bits per heavy atom. The van der Waals surface area contributed by atoms with Crippen LogP contribution in [0.15, 0.2) is 58.3 Å². The number of sulfonamides is 2. The number of hydrogen-bond acceptors (Lipinski definition) is 7. The number of aryl methyl sites for hydroxylation is 1. The minimum Gasteiger partial charge on any atom is -0.494 e. The lowest BCUT2D eigenvalue weighted by Crippen LogP contribution is -2.51. The van der Waals surface area contributed by atoms with Gasteiger partial charge in [-0.2, -0.15) is 16.9 Å². The van der Waals surface area contributed by atoms with E-state index in [9.17, 15) is 21.6 Å². The van der Waals surface area contributed by atoms with Crippen LogP contribution >= 0.6 is 12.6 Å². The summed E-state index contributed by atoms with van der Waals surface area (Å²) in [7, 11) is -8.05.